The molecule has 1 fully saturated rings. The summed E-state index contributed by atoms with van der Waals surface area (Å²) in [7, 11) is -3.20. The van der Waals surface area contributed by atoms with Gasteiger partial charge in [-0.15, -0.1) is 22.9 Å². The lowest BCUT2D eigenvalue weighted by atomic mass is 10.2. The van der Waals surface area contributed by atoms with Gasteiger partial charge in [0.2, 0.25) is 0 Å². The fourth-order valence-electron chi connectivity index (χ4n) is 2.32. The second kappa shape index (κ2) is 6.87. The van der Waals surface area contributed by atoms with E-state index < -0.39 is 27.3 Å². The number of halogens is 2. The van der Waals surface area contributed by atoms with Crippen molar-refractivity contribution in [3.05, 3.63) is 34.7 Å². The maximum Gasteiger partial charge on any atom is 0.321 e. The molecule has 1 aliphatic rings. The molecule has 2 atom stereocenters. The number of benzene rings is 1. The Kier molecular flexibility index (Phi) is 5.00. The summed E-state index contributed by atoms with van der Waals surface area (Å²) in [4.78, 5) is 16.3. The second-order valence-electron chi connectivity index (χ2n) is 5.34. The Balaban J connectivity index is 1.62. The van der Waals surface area contributed by atoms with E-state index in [-0.39, 0.29) is 11.5 Å². The van der Waals surface area contributed by atoms with E-state index in [1.807, 2.05) is 17.5 Å². The van der Waals surface area contributed by atoms with Crippen LogP contribution in [0, 0.1) is 0 Å². The summed E-state index contributed by atoms with van der Waals surface area (Å²) in [6, 6.07) is 6.06. The number of nitrogens with one attached hydrogen (secondary N) is 2. The summed E-state index contributed by atoms with van der Waals surface area (Å²) in [6.45, 7) is 0. The van der Waals surface area contributed by atoms with Gasteiger partial charge in [-0.3, -0.25) is 5.32 Å². The molecule has 0 bridgehead atoms. The van der Waals surface area contributed by atoms with Crippen molar-refractivity contribution in [1.29, 1.82) is 0 Å². The molecule has 1 saturated heterocycles. The van der Waals surface area contributed by atoms with Gasteiger partial charge in [0, 0.05) is 16.0 Å². The number of hydrogen-bond donors (Lipinski definition) is 2. The minimum absolute atomic E-state index is 0.128. The van der Waals surface area contributed by atoms with Gasteiger partial charge >= 0.3 is 6.03 Å². The van der Waals surface area contributed by atoms with E-state index in [1.54, 1.807) is 12.1 Å². The van der Waals surface area contributed by atoms with Crippen LogP contribution in [0.3, 0.4) is 0 Å². The van der Waals surface area contributed by atoms with Gasteiger partial charge in [0.05, 0.1) is 28.6 Å². The van der Waals surface area contributed by atoms with E-state index in [2.05, 4.69) is 15.6 Å². The van der Waals surface area contributed by atoms with Gasteiger partial charge in [-0.2, -0.15) is 0 Å². The molecular formula is C14H13Cl2N3O3S2. The smallest absolute Gasteiger partial charge is 0.321 e. The minimum Gasteiger partial charge on any atom is -0.333 e. The zero-order valence-corrected chi connectivity index (χ0v) is 15.3. The molecule has 128 valence electrons. The van der Waals surface area contributed by atoms with Crippen molar-refractivity contribution in [2.45, 2.75) is 11.4 Å². The van der Waals surface area contributed by atoms with Crippen molar-refractivity contribution in [2.75, 3.05) is 16.8 Å². The normalized spacial score (nSPS) is 22.2. The molecule has 10 heteroatoms. The van der Waals surface area contributed by atoms with Crippen LogP contribution < -0.4 is 10.6 Å². The molecule has 0 spiro atoms. The predicted octanol–water partition coefficient (Wildman–Crippen LogP) is 2.99. The first-order chi connectivity index (χ1) is 11.3. The van der Waals surface area contributed by atoms with Gasteiger partial charge in [0.15, 0.2) is 15.0 Å². The number of anilines is 1. The summed E-state index contributed by atoms with van der Waals surface area (Å²) >= 11 is 13.1. The number of carbonyl (C=O) groups is 1. The number of hydrogen-bond acceptors (Lipinski definition) is 5. The van der Waals surface area contributed by atoms with Crippen molar-refractivity contribution in [2.24, 2.45) is 0 Å². The summed E-state index contributed by atoms with van der Waals surface area (Å²) in [5, 5.41) is 7.40. The highest BCUT2D eigenvalue weighted by Gasteiger charge is 2.37. The number of rotatable bonds is 3. The SMILES string of the molecule is O=C(Nc1nc(-c2ccc(Cl)cc2)cs1)N[C@H]1CS(=O)(=O)C[C@H]1Cl. The monoisotopic (exact) mass is 405 g/mol. The van der Waals surface area contributed by atoms with Gasteiger partial charge in [-0.05, 0) is 12.1 Å². The third-order valence-electron chi connectivity index (χ3n) is 3.46. The van der Waals surface area contributed by atoms with Crippen LogP contribution in [0.1, 0.15) is 0 Å². The molecule has 2 aromatic rings. The molecule has 0 aliphatic carbocycles. The largest absolute Gasteiger partial charge is 0.333 e. The van der Waals surface area contributed by atoms with Crippen LogP contribution in [-0.4, -0.2) is 42.4 Å². The molecule has 2 amide bonds. The average Bonchev–Trinajstić information content (AvgIpc) is 3.04. The van der Waals surface area contributed by atoms with Gasteiger partial charge in [-0.1, -0.05) is 23.7 Å². The lowest BCUT2D eigenvalue weighted by Crippen LogP contribution is -2.42. The fourth-order valence-corrected chi connectivity index (χ4v) is 5.71. The number of alkyl halides is 1. The lowest BCUT2D eigenvalue weighted by Gasteiger charge is -2.13. The number of aromatic nitrogens is 1. The Morgan fingerprint density at radius 2 is 1.96 bits per heavy atom. The fraction of sp³-hybridized carbons (Fsp3) is 0.286. The standard InChI is InChI=1S/C14H13Cl2N3O3S2/c15-9-3-1-8(2-4-9)11-5-23-14(18-11)19-13(20)17-12-7-24(21,22)6-10(12)16/h1-5,10,12H,6-7H2,(H2,17,18,19,20)/t10-,12+/m1/s1. The zero-order valence-electron chi connectivity index (χ0n) is 12.2. The Morgan fingerprint density at radius 3 is 2.58 bits per heavy atom. The van der Waals surface area contributed by atoms with Crippen LogP contribution in [0.25, 0.3) is 11.3 Å². The first-order valence-corrected chi connectivity index (χ1v) is 10.5. The Morgan fingerprint density at radius 1 is 1.25 bits per heavy atom. The summed E-state index contributed by atoms with van der Waals surface area (Å²) in [6.07, 6.45) is 0. The number of sulfone groups is 1. The highest BCUT2D eigenvalue weighted by Crippen LogP contribution is 2.26. The maximum atomic E-state index is 12.0. The van der Waals surface area contributed by atoms with Gasteiger partial charge in [0.1, 0.15) is 0 Å². The number of nitrogens with zero attached hydrogens (tertiary/aromatic N) is 1. The van der Waals surface area contributed by atoms with Crippen LogP contribution in [0.2, 0.25) is 5.02 Å². The second-order valence-corrected chi connectivity index (χ2v) is 9.35. The van der Waals surface area contributed by atoms with E-state index in [0.29, 0.717) is 15.8 Å². The minimum atomic E-state index is -3.20. The molecule has 1 aromatic heterocycles. The molecule has 1 aliphatic heterocycles. The number of urea groups is 1. The average molecular weight is 406 g/mol. The van der Waals surface area contributed by atoms with Crippen LogP contribution >= 0.6 is 34.5 Å². The molecule has 2 heterocycles. The third-order valence-corrected chi connectivity index (χ3v) is 6.85. The topological polar surface area (TPSA) is 88.2 Å². The quantitative estimate of drug-likeness (QED) is 0.768. The molecule has 0 saturated carbocycles. The summed E-state index contributed by atoms with van der Waals surface area (Å²) in [5.74, 6) is -0.278. The maximum absolute atomic E-state index is 12.0. The third kappa shape index (κ3) is 4.18. The molecule has 6 nitrogen and oxygen atoms in total. The predicted molar refractivity (Wildman–Crippen MR) is 96.8 cm³/mol. The number of carbonyl (C=O) groups excluding carboxylic acids is 1. The van der Waals surface area contributed by atoms with Crippen LogP contribution in [0.4, 0.5) is 9.93 Å². The first-order valence-electron chi connectivity index (χ1n) is 6.96. The molecule has 2 N–H and O–H groups in total. The highest BCUT2D eigenvalue weighted by molar-refractivity contribution is 7.91. The van der Waals surface area contributed by atoms with Crippen molar-refractivity contribution < 1.29 is 13.2 Å². The number of thiazole rings is 1. The van der Waals surface area contributed by atoms with E-state index in [9.17, 15) is 13.2 Å². The lowest BCUT2D eigenvalue weighted by molar-refractivity contribution is 0.249. The molecular weight excluding hydrogens is 393 g/mol. The summed E-state index contributed by atoms with van der Waals surface area (Å²) < 4.78 is 23.0. The molecule has 3 rings (SSSR count). The van der Waals surface area contributed by atoms with Crippen LogP contribution in [0.5, 0.6) is 0 Å². The van der Waals surface area contributed by atoms with Crippen molar-refractivity contribution >= 4 is 55.5 Å². The van der Waals surface area contributed by atoms with Gasteiger partial charge < -0.3 is 5.32 Å². The molecule has 1 aromatic carbocycles. The van der Waals surface area contributed by atoms with Crippen molar-refractivity contribution in [3.63, 3.8) is 0 Å². The van der Waals surface area contributed by atoms with E-state index in [1.165, 1.54) is 11.3 Å². The van der Waals surface area contributed by atoms with E-state index >= 15 is 0 Å². The van der Waals surface area contributed by atoms with Gasteiger partial charge in [0.25, 0.3) is 0 Å². The zero-order chi connectivity index (χ0) is 17.3. The van der Waals surface area contributed by atoms with Crippen molar-refractivity contribution in [1.82, 2.24) is 10.3 Å². The van der Waals surface area contributed by atoms with Crippen molar-refractivity contribution in [3.8, 4) is 11.3 Å². The summed E-state index contributed by atoms with van der Waals surface area (Å²) in [5.41, 5.74) is 1.59. The highest BCUT2D eigenvalue weighted by atomic mass is 35.5. The van der Waals surface area contributed by atoms with Crippen LogP contribution in [-0.2, 0) is 9.84 Å². The Hall–Kier alpha value is -1.35. The molecule has 0 radical (unpaired) electrons. The van der Waals surface area contributed by atoms with Gasteiger partial charge in [-0.25, -0.2) is 18.2 Å². The van der Waals surface area contributed by atoms with E-state index in [4.69, 9.17) is 23.2 Å². The molecule has 0 unspecified atom stereocenters. The Labute approximate surface area is 153 Å². The molecule has 24 heavy (non-hydrogen) atoms. The first kappa shape index (κ1) is 17.5. The van der Waals surface area contributed by atoms with E-state index in [0.717, 1.165) is 5.56 Å². The van der Waals surface area contributed by atoms with Crippen LogP contribution in [0.15, 0.2) is 29.6 Å². The number of amides is 2. The Bertz CT molecular complexity index is 852.